The molecule has 0 radical (unpaired) electrons. The van der Waals surface area contributed by atoms with Crippen LogP contribution >= 0.6 is 22.9 Å². The van der Waals surface area contributed by atoms with Crippen LogP contribution in [0, 0.1) is 18.6 Å². The fraction of sp³-hybridized carbons (Fsp3) is 0.320. The summed E-state index contributed by atoms with van der Waals surface area (Å²) < 4.78 is 62.2. The maximum atomic E-state index is 15.4. The number of ether oxygens (including phenoxy) is 1. The molecule has 0 aliphatic carbocycles. The maximum absolute atomic E-state index is 15.4. The summed E-state index contributed by atoms with van der Waals surface area (Å²) in [6.07, 6.45) is 0.516. The Hall–Kier alpha value is -2.49. The number of rotatable bonds is 6. The fourth-order valence-corrected chi connectivity index (χ4v) is 7.55. The summed E-state index contributed by atoms with van der Waals surface area (Å²) in [6, 6.07) is 7.91. The first-order valence-corrected chi connectivity index (χ1v) is 13.7. The van der Waals surface area contributed by atoms with Gasteiger partial charge in [0.05, 0.1) is 21.4 Å². The van der Waals surface area contributed by atoms with Crippen molar-refractivity contribution >= 4 is 38.7 Å². The van der Waals surface area contributed by atoms with E-state index in [4.69, 9.17) is 16.3 Å². The number of fused-ring (bicyclic) bond motifs is 1. The van der Waals surface area contributed by atoms with E-state index in [0.717, 1.165) is 17.7 Å². The highest BCUT2D eigenvalue weighted by molar-refractivity contribution is 7.92. The van der Waals surface area contributed by atoms with Gasteiger partial charge in [-0.05, 0) is 73.7 Å². The lowest BCUT2D eigenvalue weighted by Gasteiger charge is -2.46. The zero-order valence-electron chi connectivity index (χ0n) is 19.3. The smallest absolute Gasteiger partial charge is 0.264 e. The second-order valence-corrected chi connectivity index (χ2v) is 12.2. The van der Waals surface area contributed by atoms with Crippen molar-refractivity contribution in [2.75, 3.05) is 13.2 Å². The second kappa shape index (κ2) is 9.52. The van der Waals surface area contributed by atoms with Crippen molar-refractivity contribution < 1.29 is 26.7 Å². The molecule has 0 saturated carbocycles. The van der Waals surface area contributed by atoms with Crippen molar-refractivity contribution in [1.29, 1.82) is 0 Å². The van der Waals surface area contributed by atoms with Gasteiger partial charge in [0.2, 0.25) is 0 Å². The Labute approximate surface area is 212 Å². The van der Waals surface area contributed by atoms with Gasteiger partial charge in [0, 0.05) is 11.6 Å². The summed E-state index contributed by atoms with van der Waals surface area (Å²) in [7, 11) is -4.39. The number of amides is 1. The molecule has 1 aliphatic rings. The number of hydrogen-bond donors (Lipinski definition) is 0. The number of thiophene rings is 1. The van der Waals surface area contributed by atoms with Crippen LogP contribution in [0.4, 0.5) is 8.78 Å². The quantitative estimate of drug-likeness (QED) is 0.386. The predicted molar refractivity (Wildman–Crippen MR) is 132 cm³/mol. The van der Waals surface area contributed by atoms with E-state index in [9.17, 15) is 17.6 Å². The molecule has 5 nitrogen and oxygen atoms in total. The van der Waals surface area contributed by atoms with E-state index < -0.39 is 43.6 Å². The highest BCUT2D eigenvalue weighted by atomic mass is 35.5. The highest BCUT2D eigenvalue weighted by Crippen LogP contribution is 2.49. The normalized spacial score (nSPS) is 19.7. The third-order valence-electron chi connectivity index (χ3n) is 6.42. The predicted octanol–water partition coefficient (Wildman–Crippen LogP) is 5.99. The van der Waals surface area contributed by atoms with Gasteiger partial charge in [0.15, 0.2) is 21.4 Å². The van der Waals surface area contributed by atoms with Crippen molar-refractivity contribution in [3.63, 3.8) is 0 Å². The van der Waals surface area contributed by atoms with E-state index >= 15 is 4.39 Å². The molecule has 0 bridgehead atoms. The molecular weight excluding hydrogens is 516 g/mol. The van der Waals surface area contributed by atoms with Crippen LogP contribution in [0.3, 0.4) is 0 Å². The lowest BCUT2D eigenvalue weighted by molar-refractivity contribution is 0.0487. The maximum Gasteiger partial charge on any atom is 0.264 e. The van der Waals surface area contributed by atoms with Crippen LogP contribution in [-0.2, 0) is 14.6 Å². The van der Waals surface area contributed by atoms with Gasteiger partial charge in [-0.25, -0.2) is 17.2 Å². The zero-order valence-corrected chi connectivity index (χ0v) is 21.7. The molecule has 0 N–H and O–H groups in total. The first-order valence-electron chi connectivity index (χ1n) is 11.0. The Morgan fingerprint density at radius 3 is 2.43 bits per heavy atom. The summed E-state index contributed by atoms with van der Waals surface area (Å²) in [6.45, 7) is 4.85. The molecule has 1 aliphatic heterocycles. The average molecular weight is 540 g/mol. The molecule has 2 atom stereocenters. The standard InChI is InChI=1S/C25H24ClF2NO4S2/c1-4-12-29(24(30)23-15(2)11-13-34-23)20-14-33-22-19(28)10-9-18(27)21(22)25(20,3)35(31,32)17-7-5-16(26)6-8-17/h5-11,13,20H,4,12,14H2,1-3H3/t20-,25+/m0/s1. The molecule has 1 amide bonds. The Morgan fingerprint density at radius 1 is 1.17 bits per heavy atom. The lowest BCUT2D eigenvalue weighted by Crippen LogP contribution is -2.60. The summed E-state index contributed by atoms with van der Waals surface area (Å²) in [5, 5.41) is 2.10. The van der Waals surface area contributed by atoms with Crippen LogP contribution in [0.5, 0.6) is 5.75 Å². The van der Waals surface area contributed by atoms with E-state index in [-0.39, 0.29) is 24.0 Å². The van der Waals surface area contributed by atoms with E-state index in [2.05, 4.69) is 0 Å². The molecule has 0 spiro atoms. The second-order valence-electron chi connectivity index (χ2n) is 8.56. The molecule has 0 fully saturated rings. The van der Waals surface area contributed by atoms with Gasteiger partial charge in [-0.1, -0.05) is 18.5 Å². The van der Waals surface area contributed by atoms with Crippen LogP contribution < -0.4 is 4.74 Å². The molecule has 2 aromatic carbocycles. The number of hydrogen-bond acceptors (Lipinski definition) is 5. The van der Waals surface area contributed by atoms with Gasteiger partial charge in [-0.3, -0.25) is 4.79 Å². The number of benzene rings is 2. The summed E-state index contributed by atoms with van der Waals surface area (Å²) >= 11 is 7.21. The van der Waals surface area contributed by atoms with Crippen LogP contribution in [0.1, 0.15) is 41.1 Å². The van der Waals surface area contributed by atoms with Gasteiger partial charge in [0.25, 0.3) is 5.91 Å². The fourth-order valence-electron chi connectivity index (χ4n) is 4.55. The number of carbonyl (C=O) groups excluding carboxylic acids is 1. The minimum Gasteiger partial charge on any atom is -0.488 e. The number of sulfone groups is 1. The Morgan fingerprint density at radius 2 is 1.83 bits per heavy atom. The van der Waals surface area contributed by atoms with E-state index in [1.165, 1.54) is 47.4 Å². The van der Waals surface area contributed by atoms with Crippen LogP contribution in [0.2, 0.25) is 5.02 Å². The first kappa shape index (κ1) is 25.6. The molecule has 4 rings (SSSR count). The Bertz CT molecular complexity index is 1370. The van der Waals surface area contributed by atoms with Crippen molar-refractivity contribution in [1.82, 2.24) is 4.90 Å². The third-order valence-corrected chi connectivity index (χ3v) is 10.2. The van der Waals surface area contributed by atoms with Gasteiger partial charge in [-0.2, -0.15) is 0 Å². The molecule has 0 unspecified atom stereocenters. The number of carbonyl (C=O) groups is 1. The topological polar surface area (TPSA) is 63.7 Å². The van der Waals surface area contributed by atoms with E-state index in [1.807, 2.05) is 6.92 Å². The van der Waals surface area contributed by atoms with E-state index in [1.54, 1.807) is 18.4 Å². The van der Waals surface area contributed by atoms with Crippen molar-refractivity contribution in [3.8, 4) is 5.75 Å². The van der Waals surface area contributed by atoms with Crippen LogP contribution in [-0.4, -0.2) is 38.4 Å². The largest absolute Gasteiger partial charge is 0.488 e. The summed E-state index contributed by atoms with van der Waals surface area (Å²) in [5.41, 5.74) is 0.318. The van der Waals surface area contributed by atoms with E-state index in [0.29, 0.717) is 16.3 Å². The van der Waals surface area contributed by atoms with Crippen molar-refractivity contribution in [2.45, 2.75) is 42.9 Å². The SMILES string of the molecule is CCCN(C(=O)c1sccc1C)[C@H]1COc2c(F)ccc(F)c2[C@]1(C)S(=O)(=O)c1ccc(Cl)cc1. The Kier molecular flexibility index (Phi) is 6.96. The monoisotopic (exact) mass is 539 g/mol. The van der Waals surface area contributed by atoms with Crippen molar-refractivity contribution in [3.05, 3.63) is 80.5 Å². The van der Waals surface area contributed by atoms with Gasteiger partial charge in [-0.15, -0.1) is 11.3 Å². The number of halogens is 3. The molecule has 186 valence electrons. The van der Waals surface area contributed by atoms with Gasteiger partial charge < -0.3 is 9.64 Å². The molecular formula is C25H24ClF2NO4S2. The molecule has 10 heteroatoms. The zero-order chi connectivity index (χ0) is 25.5. The minimum atomic E-state index is -4.39. The van der Waals surface area contributed by atoms with Crippen LogP contribution in [0.15, 0.2) is 52.7 Å². The van der Waals surface area contributed by atoms with Crippen molar-refractivity contribution in [2.24, 2.45) is 0 Å². The van der Waals surface area contributed by atoms with Gasteiger partial charge in [0.1, 0.15) is 17.2 Å². The molecule has 35 heavy (non-hydrogen) atoms. The minimum absolute atomic E-state index is 0.123. The van der Waals surface area contributed by atoms with Gasteiger partial charge >= 0.3 is 0 Å². The molecule has 0 saturated heterocycles. The number of aryl methyl sites for hydroxylation is 1. The third kappa shape index (κ3) is 4.13. The average Bonchev–Trinajstić information content (AvgIpc) is 3.25. The molecule has 1 aromatic heterocycles. The summed E-state index contributed by atoms with van der Waals surface area (Å²) in [4.78, 5) is 15.4. The molecule has 2 heterocycles. The lowest BCUT2D eigenvalue weighted by atomic mass is 9.87. The molecule has 3 aromatic rings. The number of nitrogens with zero attached hydrogens (tertiary/aromatic N) is 1. The highest BCUT2D eigenvalue weighted by Gasteiger charge is 2.57. The summed E-state index contributed by atoms with van der Waals surface area (Å²) in [5.74, 6) is -2.65. The van der Waals surface area contributed by atoms with Crippen LogP contribution in [0.25, 0.3) is 0 Å². The first-order chi connectivity index (χ1) is 16.5. The Balaban J connectivity index is 1.99.